The number of piperidine rings is 1. The number of likely N-dealkylation sites (tertiary alicyclic amines) is 1. The number of nitrogens with one attached hydrogen (secondary N) is 1. The number of aromatic nitrogens is 1. The molecule has 0 radical (unpaired) electrons. The molecule has 2 aliphatic rings. The Hall–Kier alpha value is -2.23. The summed E-state index contributed by atoms with van der Waals surface area (Å²) in [6.45, 7) is 6.96. The van der Waals surface area contributed by atoms with Crippen LogP contribution in [0.15, 0.2) is 55.1 Å². The maximum Gasteiger partial charge on any atom is 0.115 e. The molecule has 1 aliphatic carbocycles. The smallest absolute Gasteiger partial charge is 0.115 e. The molecule has 5 rings (SSSR count). The number of aromatic hydroxyl groups is 1. The second kappa shape index (κ2) is 6.68. The number of nitrogens with zero attached hydrogens (tertiary/aromatic N) is 1. The number of H-pyrrole nitrogens is 1. The highest BCUT2D eigenvalue weighted by Crippen LogP contribution is 2.49. The Balaban J connectivity index is 1.65. The lowest BCUT2D eigenvalue weighted by Gasteiger charge is -2.51. The van der Waals surface area contributed by atoms with E-state index in [1.54, 1.807) is 6.07 Å². The average Bonchev–Trinajstić information content (AvgIpc) is 3.05. The van der Waals surface area contributed by atoms with Crippen LogP contribution in [0.2, 0.25) is 5.02 Å². The molecule has 3 nitrogen and oxygen atoms in total. The standard InChI is InChI=1S/C24H25ClN2O/c1-2-10-27-11-9-24(16-5-3-6-18(28)12-16)14-22-20(13-17(24)15-27)19-7-4-8-21(25)23(19)26-22/h2-8,12,17,26,28H,1,9-11,13-15H2/t17?,24-/m1/s1. The van der Waals surface area contributed by atoms with Gasteiger partial charge in [0.2, 0.25) is 0 Å². The first-order valence-electron chi connectivity index (χ1n) is 10.0. The van der Waals surface area contributed by atoms with E-state index in [9.17, 15) is 5.11 Å². The summed E-state index contributed by atoms with van der Waals surface area (Å²) in [5.74, 6) is 0.845. The van der Waals surface area contributed by atoms with Crippen molar-refractivity contribution in [2.24, 2.45) is 5.92 Å². The third-order valence-corrected chi connectivity index (χ3v) is 7.18. The number of aromatic amines is 1. The van der Waals surface area contributed by atoms with Crippen molar-refractivity contribution in [3.63, 3.8) is 0 Å². The summed E-state index contributed by atoms with van der Waals surface area (Å²) in [6.07, 6.45) is 5.07. The molecule has 2 atom stereocenters. The number of hydrogen-bond donors (Lipinski definition) is 2. The quantitative estimate of drug-likeness (QED) is 0.610. The Labute approximate surface area is 170 Å². The number of phenols is 1. The number of rotatable bonds is 3. The molecule has 0 saturated carbocycles. The van der Waals surface area contributed by atoms with Crippen LogP contribution in [0.5, 0.6) is 5.75 Å². The molecule has 0 spiro atoms. The number of para-hydroxylation sites is 1. The predicted octanol–water partition coefficient (Wildman–Crippen LogP) is 5.07. The Bertz CT molecular complexity index is 1060. The van der Waals surface area contributed by atoms with Crippen molar-refractivity contribution in [1.29, 1.82) is 0 Å². The fourth-order valence-electron chi connectivity index (χ4n) is 5.52. The van der Waals surface area contributed by atoms with E-state index in [1.165, 1.54) is 22.2 Å². The van der Waals surface area contributed by atoms with Crippen molar-refractivity contribution in [3.05, 3.63) is 77.0 Å². The first-order chi connectivity index (χ1) is 13.6. The second-order valence-electron chi connectivity index (χ2n) is 8.33. The summed E-state index contributed by atoms with van der Waals surface area (Å²) in [5.41, 5.74) is 5.07. The number of halogens is 1. The molecule has 144 valence electrons. The van der Waals surface area contributed by atoms with Crippen molar-refractivity contribution in [1.82, 2.24) is 9.88 Å². The summed E-state index contributed by atoms with van der Waals surface area (Å²) >= 11 is 6.48. The molecule has 2 heterocycles. The van der Waals surface area contributed by atoms with Gasteiger partial charge in [-0.2, -0.15) is 0 Å². The minimum atomic E-state index is 0.0385. The van der Waals surface area contributed by atoms with Crippen LogP contribution in [-0.2, 0) is 18.3 Å². The van der Waals surface area contributed by atoms with Gasteiger partial charge in [-0.15, -0.1) is 6.58 Å². The summed E-state index contributed by atoms with van der Waals surface area (Å²) in [7, 11) is 0. The van der Waals surface area contributed by atoms with Crippen LogP contribution in [0.4, 0.5) is 0 Å². The van der Waals surface area contributed by atoms with Gasteiger partial charge in [-0.25, -0.2) is 0 Å². The zero-order valence-corrected chi connectivity index (χ0v) is 16.7. The Morgan fingerprint density at radius 2 is 2.14 bits per heavy atom. The predicted molar refractivity (Wildman–Crippen MR) is 115 cm³/mol. The fraction of sp³-hybridized carbons (Fsp3) is 0.333. The van der Waals surface area contributed by atoms with E-state index >= 15 is 0 Å². The Morgan fingerprint density at radius 3 is 2.96 bits per heavy atom. The molecular formula is C24H25ClN2O. The molecule has 4 heteroatoms. The number of hydrogen-bond acceptors (Lipinski definition) is 2. The van der Waals surface area contributed by atoms with Crippen LogP contribution in [0.1, 0.15) is 23.2 Å². The monoisotopic (exact) mass is 392 g/mol. The first-order valence-corrected chi connectivity index (χ1v) is 10.4. The lowest BCUT2D eigenvalue weighted by molar-refractivity contribution is 0.0896. The summed E-state index contributed by atoms with van der Waals surface area (Å²) < 4.78 is 0. The van der Waals surface area contributed by atoms with E-state index in [2.05, 4.69) is 28.6 Å². The third kappa shape index (κ3) is 2.68. The van der Waals surface area contributed by atoms with Crippen LogP contribution < -0.4 is 0 Å². The maximum atomic E-state index is 10.2. The van der Waals surface area contributed by atoms with Gasteiger partial charge in [-0.05, 0) is 61.1 Å². The van der Waals surface area contributed by atoms with Crippen LogP contribution in [0, 0.1) is 5.92 Å². The molecule has 1 unspecified atom stereocenters. The lowest BCUT2D eigenvalue weighted by Crippen LogP contribution is -2.53. The second-order valence-corrected chi connectivity index (χ2v) is 8.73. The van der Waals surface area contributed by atoms with E-state index < -0.39 is 0 Å². The fourth-order valence-corrected chi connectivity index (χ4v) is 5.74. The minimum absolute atomic E-state index is 0.0385. The third-order valence-electron chi connectivity index (χ3n) is 6.86. The summed E-state index contributed by atoms with van der Waals surface area (Å²) in [5, 5.41) is 12.2. The van der Waals surface area contributed by atoms with E-state index in [0.717, 1.165) is 49.4 Å². The van der Waals surface area contributed by atoms with E-state index in [1.807, 2.05) is 30.3 Å². The van der Waals surface area contributed by atoms with E-state index in [-0.39, 0.29) is 5.41 Å². The molecule has 0 bridgehead atoms. The highest BCUT2D eigenvalue weighted by molar-refractivity contribution is 6.35. The molecular weight excluding hydrogens is 368 g/mol. The zero-order valence-electron chi connectivity index (χ0n) is 15.9. The van der Waals surface area contributed by atoms with Crippen LogP contribution in [0.3, 0.4) is 0 Å². The molecule has 0 amide bonds. The SMILES string of the molecule is C=CCN1CC[C@]2(c3cccc(O)c3)Cc3[nH]c4c(Cl)cccc4c3CC2C1. The average molecular weight is 393 g/mol. The first kappa shape index (κ1) is 17.8. The number of phenolic OH excluding ortho intramolecular Hbond substituents is 1. The van der Waals surface area contributed by atoms with Gasteiger partial charge in [0.05, 0.1) is 10.5 Å². The van der Waals surface area contributed by atoms with Crippen molar-refractivity contribution in [2.45, 2.75) is 24.7 Å². The number of fused-ring (bicyclic) bond motifs is 4. The lowest BCUT2D eigenvalue weighted by atomic mass is 9.58. The van der Waals surface area contributed by atoms with Gasteiger partial charge in [0.25, 0.3) is 0 Å². The molecule has 2 aromatic carbocycles. The Morgan fingerprint density at radius 1 is 1.29 bits per heavy atom. The summed E-state index contributed by atoms with van der Waals surface area (Å²) in [6, 6.07) is 14.1. The Kier molecular flexibility index (Phi) is 4.26. The molecule has 28 heavy (non-hydrogen) atoms. The normalized spacial score (nSPS) is 24.7. The summed E-state index contributed by atoms with van der Waals surface area (Å²) in [4.78, 5) is 6.14. The largest absolute Gasteiger partial charge is 0.508 e. The molecule has 2 N–H and O–H groups in total. The zero-order chi connectivity index (χ0) is 19.3. The highest BCUT2D eigenvalue weighted by Gasteiger charge is 2.48. The van der Waals surface area contributed by atoms with Crippen LogP contribution in [-0.4, -0.2) is 34.6 Å². The molecule has 1 saturated heterocycles. The van der Waals surface area contributed by atoms with E-state index in [4.69, 9.17) is 11.6 Å². The van der Waals surface area contributed by atoms with Crippen molar-refractivity contribution in [3.8, 4) is 5.75 Å². The van der Waals surface area contributed by atoms with Crippen molar-refractivity contribution in [2.75, 3.05) is 19.6 Å². The van der Waals surface area contributed by atoms with Gasteiger partial charge < -0.3 is 10.1 Å². The highest BCUT2D eigenvalue weighted by atomic mass is 35.5. The molecule has 1 fully saturated rings. The maximum absolute atomic E-state index is 10.2. The van der Waals surface area contributed by atoms with E-state index in [0.29, 0.717) is 11.7 Å². The number of benzene rings is 2. The van der Waals surface area contributed by atoms with Crippen LogP contribution >= 0.6 is 11.6 Å². The van der Waals surface area contributed by atoms with Crippen molar-refractivity contribution >= 4 is 22.5 Å². The molecule has 3 aromatic rings. The molecule has 1 aromatic heterocycles. The van der Waals surface area contributed by atoms with Crippen molar-refractivity contribution < 1.29 is 5.11 Å². The van der Waals surface area contributed by atoms with Gasteiger partial charge in [-0.3, -0.25) is 4.90 Å². The van der Waals surface area contributed by atoms with Crippen LogP contribution in [0.25, 0.3) is 10.9 Å². The topological polar surface area (TPSA) is 39.3 Å². The minimum Gasteiger partial charge on any atom is -0.508 e. The van der Waals surface area contributed by atoms with Gasteiger partial charge >= 0.3 is 0 Å². The van der Waals surface area contributed by atoms with Gasteiger partial charge in [0, 0.05) is 29.6 Å². The van der Waals surface area contributed by atoms with Gasteiger partial charge in [0.15, 0.2) is 0 Å². The van der Waals surface area contributed by atoms with Gasteiger partial charge in [-0.1, -0.05) is 41.9 Å². The van der Waals surface area contributed by atoms with Gasteiger partial charge in [0.1, 0.15) is 5.75 Å². The molecule has 1 aliphatic heterocycles.